The molecular weight excluding hydrogens is 557 g/mol. The minimum Gasteiger partial charge on any atom is -0.495 e. The van der Waals surface area contributed by atoms with Gasteiger partial charge in [-0.25, -0.2) is 17.6 Å². The first-order valence-corrected chi connectivity index (χ1v) is 13.2. The van der Waals surface area contributed by atoms with Gasteiger partial charge in [-0.1, -0.05) is 23.7 Å². The van der Waals surface area contributed by atoms with Crippen LogP contribution in [0, 0.1) is 15.9 Å². The van der Waals surface area contributed by atoms with Gasteiger partial charge in [0.2, 0.25) is 0 Å². The number of hydrogen-bond acceptors (Lipinski definition) is 8. The Morgan fingerprint density at radius 2 is 1.79 bits per heavy atom. The third-order valence-corrected chi connectivity index (χ3v) is 7.08. The van der Waals surface area contributed by atoms with Crippen LogP contribution in [0.3, 0.4) is 0 Å². The molecular formula is C25H23ClFN3O8S. The van der Waals surface area contributed by atoms with E-state index in [4.69, 9.17) is 21.1 Å². The zero-order valence-electron chi connectivity index (χ0n) is 20.6. The number of benzene rings is 3. The van der Waals surface area contributed by atoms with Crippen LogP contribution in [0.1, 0.15) is 22.8 Å². The first-order chi connectivity index (χ1) is 18.4. The third kappa shape index (κ3) is 7.65. The van der Waals surface area contributed by atoms with Crippen molar-refractivity contribution in [2.75, 3.05) is 18.4 Å². The summed E-state index contributed by atoms with van der Waals surface area (Å²) in [4.78, 5) is 35.1. The largest absolute Gasteiger partial charge is 0.495 e. The quantitative estimate of drug-likeness (QED) is 0.195. The average molecular weight is 580 g/mol. The summed E-state index contributed by atoms with van der Waals surface area (Å²) in [7, 11) is -3.11. The molecule has 0 bridgehead atoms. The summed E-state index contributed by atoms with van der Waals surface area (Å²) >= 11 is 6.09. The summed E-state index contributed by atoms with van der Waals surface area (Å²) in [5.74, 6) is -2.01. The molecule has 0 fully saturated rings. The number of methoxy groups -OCH3 is 1. The van der Waals surface area contributed by atoms with Gasteiger partial charge in [0, 0.05) is 18.7 Å². The first kappa shape index (κ1) is 29.3. The maximum atomic E-state index is 13.0. The van der Waals surface area contributed by atoms with Gasteiger partial charge in [-0.3, -0.25) is 19.6 Å². The molecule has 14 heteroatoms. The number of carbonyl (C=O) groups is 2. The molecule has 0 unspecified atom stereocenters. The number of hydrogen-bond donors (Lipinski definition) is 2. The van der Waals surface area contributed by atoms with Crippen LogP contribution < -0.4 is 14.8 Å². The number of rotatable bonds is 11. The van der Waals surface area contributed by atoms with Crippen molar-refractivity contribution in [3.05, 3.63) is 92.7 Å². The molecule has 3 aromatic rings. The lowest BCUT2D eigenvalue weighted by atomic mass is 10.1. The monoisotopic (exact) mass is 579 g/mol. The average Bonchev–Trinajstić information content (AvgIpc) is 2.89. The fourth-order valence-corrected chi connectivity index (χ4v) is 4.61. The topological polar surface area (TPSA) is 154 Å². The molecule has 3 aromatic carbocycles. The van der Waals surface area contributed by atoms with Crippen LogP contribution in [0.2, 0.25) is 5.02 Å². The van der Waals surface area contributed by atoms with Gasteiger partial charge in [0.15, 0.2) is 6.10 Å². The molecule has 3 rings (SSSR count). The fourth-order valence-electron chi connectivity index (χ4n) is 3.32. The van der Waals surface area contributed by atoms with E-state index in [0.717, 1.165) is 35.9 Å². The number of nitro benzene ring substituents is 1. The Hall–Kier alpha value is -4.23. The van der Waals surface area contributed by atoms with Crippen LogP contribution in [0.4, 0.5) is 15.8 Å². The van der Waals surface area contributed by atoms with Gasteiger partial charge < -0.3 is 14.8 Å². The highest BCUT2D eigenvalue weighted by molar-refractivity contribution is 7.92. The number of carbonyl (C=O) groups excluding carboxylic acids is 2. The number of nitrogens with zero attached hydrogens (tertiary/aromatic N) is 1. The minimum atomic E-state index is -4.37. The van der Waals surface area contributed by atoms with Gasteiger partial charge in [0.1, 0.15) is 11.6 Å². The predicted octanol–water partition coefficient (Wildman–Crippen LogP) is 4.10. The van der Waals surface area contributed by atoms with Gasteiger partial charge in [0.05, 0.1) is 33.2 Å². The minimum absolute atomic E-state index is 0.0250. The summed E-state index contributed by atoms with van der Waals surface area (Å²) < 4.78 is 51.4. The fraction of sp³-hybridized carbons (Fsp3) is 0.200. The second kappa shape index (κ2) is 12.5. The Balaban J connectivity index is 1.70. The van der Waals surface area contributed by atoms with Crippen LogP contribution in [0.25, 0.3) is 0 Å². The molecule has 39 heavy (non-hydrogen) atoms. The molecule has 0 saturated carbocycles. The summed E-state index contributed by atoms with van der Waals surface area (Å²) in [6, 6.07) is 12.4. The molecule has 0 heterocycles. The first-order valence-electron chi connectivity index (χ1n) is 11.3. The molecule has 0 aliphatic rings. The van der Waals surface area contributed by atoms with Crippen molar-refractivity contribution in [2.24, 2.45) is 0 Å². The number of esters is 1. The zero-order valence-corrected chi connectivity index (χ0v) is 22.2. The number of ether oxygens (including phenoxy) is 2. The summed E-state index contributed by atoms with van der Waals surface area (Å²) in [6.07, 6.45) is -0.824. The standard InChI is InChI=1S/C25H23ClFN3O8S/c1-15(24(31)28-12-11-16-3-5-17(27)6-4-16)38-25(32)20-14-19(8-9-21(20)26)39(35,36)29-22-13-18(30(33)34)7-10-23(22)37-2/h3-10,13-15,29H,11-12H2,1-2H3,(H,28,31)/t15-/m1/s1. The molecule has 0 spiro atoms. The Bertz CT molecular complexity index is 1500. The SMILES string of the molecule is COc1ccc([N+](=O)[O-])cc1NS(=O)(=O)c1ccc(Cl)c(C(=O)O[C@H](C)C(=O)NCCc2ccc(F)cc2)c1. The Morgan fingerprint density at radius 3 is 2.44 bits per heavy atom. The van der Waals surface area contributed by atoms with Crippen molar-refractivity contribution in [3.63, 3.8) is 0 Å². The van der Waals surface area contributed by atoms with Crippen LogP contribution in [0.5, 0.6) is 5.75 Å². The van der Waals surface area contributed by atoms with Gasteiger partial charge in [-0.05, 0) is 55.3 Å². The number of anilines is 1. The molecule has 0 saturated heterocycles. The summed E-state index contributed by atoms with van der Waals surface area (Å²) in [6.45, 7) is 1.53. The molecule has 1 amide bonds. The predicted molar refractivity (Wildman–Crippen MR) is 140 cm³/mol. The lowest BCUT2D eigenvalue weighted by Crippen LogP contribution is -2.37. The Kier molecular flexibility index (Phi) is 9.43. The van der Waals surface area contributed by atoms with E-state index in [2.05, 4.69) is 10.0 Å². The van der Waals surface area contributed by atoms with Crippen molar-refractivity contribution in [2.45, 2.75) is 24.3 Å². The zero-order chi connectivity index (χ0) is 28.7. The van der Waals surface area contributed by atoms with Crippen LogP contribution >= 0.6 is 11.6 Å². The van der Waals surface area contributed by atoms with E-state index < -0.39 is 37.8 Å². The molecule has 11 nitrogen and oxygen atoms in total. The van der Waals surface area contributed by atoms with Crippen LogP contribution in [-0.2, 0) is 26.0 Å². The van der Waals surface area contributed by atoms with Crippen molar-refractivity contribution in [3.8, 4) is 5.75 Å². The smallest absolute Gasteiger partial charge is 0.340 e. The third-order valence-electron chi connectivity index (χ3n) is 5.39. The maximum absolute atomic E-state index is 13.0. The van der Waals surface area contributed by atoms with E-state index in [1.54, 1.807) is 12.1 Å². The molecule has 1 atom stereocenters. The lowest BCUT2D eigenvalue weighted by Gasteiger charge is -2.15. The van der Waals surface area contributed by atoms with E-state index in [9.17, 15) is 32.5 Å². The van der Waals surface area contributed by atoms with E-state index in [1.807, 2.05) is 0 Å². The second-order valence-electron chi connectivity index (χ2n) is 8.10. The number of halogens is 2. The van der Waals surface area contributed by atoms with Gasteiger partial charge in [0.25, 0.3) is 21.6 Å². The second-order valence-corrected chi connectivity index (χ2v) is 10.2. The van der Waals surface area contributed by atoms with Crippen LogP contribution in [0.15, 0.2) is 65.6 Å². The highest BCUT2D eigenvalue weighted by Crippen LogP contribution is 2.31. The van der Waals surface area contributed by atoms with Gasteiger partial charge in [-0.2, -0.15) is 0 Å². The Labute approximate surface area is 228 Å². The van der Waals surface area contributed by atoms with Gasteiger partial charge >= 0.3 is 5.97 Å². The van der Waals surface area contributed by atoms with Crippen molar-refractivity contribution >= 4 is 44.9 Å². The summed E-state index contributed by atoms with van der Waals surface area (Å²) in [5.41, 5.74) is -0.102. The molecule has 206 valence electrons. The molecule has 0 aliphatic heterocycles. The van der Waals surface area contributed by atoms with E-state index in [-0.39, 0.29) is 40.1 Å². The molecule has 0 aliphatic carbocycles. The highest BCUT2D eigenvalue weighted by atomic mass is 35.5. The number of amides is 1. The van der Waals surface area contributed by atoms with Crippen molar-refractivity contribution in [1.29, 1.82) is 0 Å². The molecule has 2 N–H and O–H groups in total. The van der Waals surface area contributed by atoms with Gasteiger partial charge in [-0.15, -0.1) is 0 Å². The molecule has 0 radical (unpaired) electrons. The highest BCUT2D eigenvalue weighted by Gasteiger charge is 2.24. The maximum Gasteiger partial charge on any atom is 0.340 e. The number of nitro groups is 1. The van der Waals surface area contributed by atoms with Crippen molar-refractivity contribution < 1.29 is 36.8 Å². The van der Waals surface area contributed by atoms with E-state index in [1.165, 1.54) is 32.2 Å². The van der Waals surface area contributed by atoms with Crippen molar-refractivity contribution in [1.82, 2.24) is 5.32 Å². The van der Waals surface area contributed by atoms with E-state index >= 15 is 0 Å². The van der Waals surface area contributed by atoms with E-state index in [0.29, 0.717) is 6.42 Å². The number of sulfonamides is 1. The van der Waals surface area contributed by atoms with Crippen LogP contribution in [-0.4, -0.2) is 45.0 Å². The normalized spacial score (nSPS) is 11.8. The number of nitrogens with one attached hydrogen (secondary N) is 2. The summed E-state index contributed by atoms with van der Waals surface area (Å²) in [5, 5.41) is 13.6. The molecule has 0 aromatic heterocycles. The number of non-ortho nitro benzene ring substituents is 1. The lowest BCUT2D eigenvalue weighted by molar-refractivity contribution is -0.384. The Morgan fingerprint density at radius 1 is 1.10 bits per heavy atom.